The van der Waals surface area contributed by atoms with E-state index in [1.54, 1.807) is 25.2 Å². The van der Waals surface area contributed by atoms with Gasteiger partial charge in [-0.1, -0.05) is 23.7 Å². The van der Waals surface area contributed by atoms with Gasteiger partial charge in [0.1, 0.15) is 17.4 Å². The first-order valence-corrected chi connectivity index (χ1v) is 6.88. The van der Waals surface area contributed by atoms with Crippen molar-refractivity contribution in [3.05, 3.63) is 64.2 Å². The summed E-state index contributed by atoms with van der Waals surface area (Å²) in [7, 11) is 3.25. The van der Waals surface area contributed by atoms with E-state index in [0.717, 1.165) is 0 Å². The highest BCUT2D eigenvalue weighted by atomic mass is 35.5. The first kappa shape index (κ1) is 15.7. The van der Waals surface area contributed by atoms with Crippen LogP contribution in [-0.4, -0.2) is 14.2 Å². The van der Waals surface area contributed by atoms with Crippen LogP contribution in [0.2, 0.25) is 5.02 Å². The normalized spacial score (nSPS) is 12.2. The second-order valence-electron chi connectivity index (χ2n) is 4.64. The largest absolute Gasteiger partial charge is 0.496 e. The minimum absolute atomic E-state index is 0.0774. The first-order valence-electron chi connectivity index (χ1n) is 6.50. The first-order chi connectivity index (χ1) is 10.1. The predicted molar refractivity (Wildman–Crippen MR) is 79.9 cm³/mol. The van der Waals surface area contributed by atoms with Gasteiger partial charge in [0.2, 0.25) is 0 Å². The van der Waals surface area contributed by atoms with Crippen LogP contribution in [-0.2, 0) is 6.42 Å². The van der Waals surface area contributed by atoms with Crippen LogP contribution in [0.4, 0.5) is 8.78 Å². The Morgan fingerprint density at radius 1 is 1.24 bits per heavy atom. The van der Waals surface area contributed by atoms with Crippen LogP contribution in [0.15, 0.2) is 36.4 Å². The Bertz CT molecular complexity index is 634. The quantitative estimate of drug-likeness (QED) is 0.896. The van der Waals surface area contributed by atoms with Crippen LogP contribution in [0.3, 0.4) is 0 Å². The molecule has 0 bridgehead atoms. The number of likely N-dealkylation sites (N-methyl/N-ethyl adjacent to an activating group) is 1. The number of rotatable bonds is 5. The summed E-state index contributed by atoms with van der Waals surface area (Å²) in [6.07, 6.45) is 0.336. The molecule has 0 aliphatic rings. The van der Waals surface area contributed by atoms with E-state index >= 15 is 0 Å². The van der Waals surface area contributed by atoms with E-state index in [1.807, 2.05) is 0 Å². The number of methoxy groups -OCH3 is 1. The molecule has 0 radical (unpaired) electrons. The molecule has 5 heteroatoms. The number of halogens is 3. The summed E-state index contributed by atoms with van der Waals surface area (Å²) in [4.78, 5) is 0. The summed E-state index contributed by atoms with van der Waals surface area (Å²) in [5.41, 5.74) is 1.10. The second-order valence-corrected chi connectivity index (χ2v) is 5.05. The van der Waals surface area contributed by atoms with Crippen molar-refractivity contribution in [2.24, 2.45) is 0 Å². The van der Waals surface area contributed by atoms with Gasteiger partial charge in [-0.3, -0.25) is 0 Å². The standard InChI is InChI=1S/C16H16ClF2NO/c1-20-14(8-10-4-3-5-13(17)16(10)19)12-9-11(18)6-7-15(12)21-2/h3-7,9,14,20H,8H2,1-2H3. The highest BCUT2D eigenvalue weighted by molar-refractivity contribution is 6.30. The fourth-order valence-corrected chi connectivity index (χ4v) is 2.47. The maximum Gasteiger partial charge on any atom is 0.145 e. The Morgan fingerprint density at radius 3 is 2.67 bits per heavy atom. The number of ether oxygens (including phenoxy) is 1. The molecule has 2 aromatic rings. The zero-order chi connectivity index (χ0) is 15.4. The summed E-state index contributed by atoms with van der Waals surface area (Å²) in [6.45, 7) is 0. The summed E-state index contributed by atoms with van der Waals surface area (Å²) in [5.74, 6) is -0.259. The van der Waals surface area contributed by atoms with Crippen LogP contribution in [0.25, 0.3) is 0 Å². The molecule has 2 rings (SSSR count). The molecular formula is C16H16ClF2NO. The monoisotopic (exact) mass is 311 g/mol. The van der Waals surface area contributed by atoms with Crippen molar-refractivity contribution in [1.82, 2.24) is 5.32 Å². The fourth-order valence-electron chi connectivity index (χ4n) is 2.27. The molecule has 0 aromatic heterocycles. The van der Waals surface area contributed by atoms with Gasteiger partial charge >= 0.3 is 0 Å². The summed E-state index contributed by atoms with van der Waals surface area (Å²) < 4.78 is 32.7. The number of hydrogen-bond acceptors (Lipinski definition) is 2. The molecule has 112 valence electrons. The van der Waals surface area contributed by atoms with Crippen molar-refractivity contribution in [3.8, 4) is 5.75 Å². The average Bonchev–Trinajstić information content (AvgIpc) is 2.49. The third-order valence-electron chi connectivity index (χ3n) is 3.37. The zero-order valence-electron chi connectivity index (χ0n) is 11.8. The van der Waals surface area contributed by atoms with Gasteiger partial charge in [-0.15, -0.1) is 0 Å². The Kier molecular flexibility index (Phi) is 5.15. The Balaban J connectivity index is 2.36. The van der Waals surface area contributed by atoms with Crippen molar-refractivity contribution >= 4 is 11.6 Å². The van der Waals surface area contributed by atoms with Gasteiger partial charge in [-0.05, 0) is 43.3 Å². The molecule has 0 aliphatic heterocycles. The maximum atomic E-state index is 14.0. The average molecular weight is 312 g/mol. The molecule has 0 heterocycles. The predicted octanol–water partition coefficient (Wildman–Crippen LogP) is 4.13. The highest BCUT2D eigenvalue weighted by Crippen LogP contribution is 2.30. The maximum absolute atomic E-state index is 14.0. The molecule has 1 atom stereocenters. The Labute approximate surface area is 127 Å². The van der Waals surface area contributed by atoms with Gasteiger partial charge in [0.25, 0.3) is 0 Å². The van der Waals surface area contributed by atoms with Crippen LogP contribution >= 0.6 is 11.6 Å². The topological polar surface area (TPSA) is 21.3 Å². The molecule has 0 saturated heterocycles. The minimum Gasteiger partial charge on any atom is -0.496 e. The van der Waals surface area contributed by atoms with E-state index < -0.39 is 5.82 Å². The van der Waals surface area contributed by atoms with E-state index in [0.29, 0.717) is 23.3 Å². The molecule has 0 spiro atoms. The lowest BCUT2D eigenvalue weighted by molar-refractivity contribution is 0.399. The van der Waals surface area contributed by atoms with Crippen LogP contribution in [0.1, 0.15) is 17.2 Å². The molecule has 0 saturated carbocycles. The van der Waals surface area contributed by atoms with E-state index in [1.165, 1.54) is 25.3 Å². The third kappa shape index (κ3) is 3.52. The molecule has 0 aliphatic carbocycles. The lowest BCUT2D eigenvalue weighted by Gasteiger charge is -2.20. The second kappa shape index (κ2) is 6.87. The molecule has 1 unspecified atom stereocenters. The minimum atomic E-state index is -0.449. The van der Waals surface area contributed by atoms with Crippen molar-refractivity contribution in [3.63, 3.8) is 0 Å². The molecule has 21 heavy (non-hydrogen) atoms. The summed E-state index contributed by atoms with van der Waals surface area (Å²) in [6, 6.07) is 8.84. The molecule has 1 N–H and O–H groups in total. The van der Waals surface area contributed by atoms with Gasteiger partial charge in [-0.2, -0.15) is 0 Å². The Hall–Kier alpha value is -1.65. The van der Waals surface area contributed by atoms with Crippen molar-refractivity contribution in [2.45, 2.75) is 12.5 Å². The molecule has 2 aromatic carbocycles. The van der Waals surface area contributed by atoms with E-state index in [-0.39, 0.29) is 16.9 Å². The van der Waals surface area contributed by atoms with Gasteiger partial charge in [0.15, 0.2) is 0 Å². The number of hydrogen-bond donors (Lipinski definition) is 1. The van der Waals surface area contributed by atoms with E-state index in [9.17, 15) is 8.78 Å². The smallest absolute Gasteiger partial charge is 0.145 e. The fraction of sp³-hybridized carbons (Fsp3) is 0.250. The molecular weight excluding hydrogens is 296 g/mol. The summed E-state index contributed by atoms with van der Waals surface area (Å²) in [5, 5.41) is 3.14. The van der Waals surface area contributed by atoms with Gasteiger partial charge in [0, 0.05) is 11.6 Å². The van der Waals surface area contributed by atoms with Crippen LogP contribution in [0.5, 0.6) is 5.75 Å². The lowest BCUT2D eigenvalue weighted by Crippen LogP contribution is -2.20. The molecule has 2 nitrogen and oxygen atoms in total. The van der Waals surface area contributed by atoms with E-state index in [4.69, 9.17) is 16.3 Å². The SMILES string of the molecule is CNC(Cc1cccc(Cl)c1F)c1cc(F)ccc1OC. The van der Waals surface area contributed by atoms with Gasteiger partial charge in [0.05, 0.1) is 12.1 Å². The van der Waals surface area contributed by atoms with E-state index in [2.05, 4.69) is 5.32 Å². The highest BCUT2D eigenvalue weighted by Gasteiger charge is 2.18. The molecule has 0 amide bonds. The zero-order valence-corrected chi connectivity index (χ0v) is 12.5. The third-order valence-corrected chi connectivity index (χ3v) is 3.66. The van der Waals surface area contributed by atoms with Gasteiger partial charge in [-0.25, -0.2) is 8.78 Å². The lowest BCUT2D eigenvalue weighted by atomic mass is 9.97. The Morgan fingerprint density at radius 2 is 2.00 bits per heavy atom. The number of benzene rings is 2. The number of nitrogens with one attached hydrogen (secondary N) is 1. The van der Waals surface area contributed by atoms with Gasteiger partial charge < -0.3 is 10.1 Å². The summed E-state index contributed by atoms with van der Waals surface area (Å²) >= 11 is 5.79. The van der Waals surface area contributed by atoms with Crippen molar-refractivity contribution < 1.29 is 13.5 Å². The van der Waals surface area contributed by atoms with Crippen LogP contribution < -0.4 is 10.1 Å². The molecule has 0 fully saturated rings. The van der Waals surface area contributed by atoms with Crippen LogP contribution in [0, 0.1) is 11.6 Å². The van der Waals surface area contributed by atoms with Crippen molar-refractivity contribution in [1.29, 1.82) is 0 Å². The van der Waals surface area contributed by atoms with Crippen molar-refractivity contribution in [2.75, 3.05) is 14.2 Å².